The number of piperazine rings is 1. The van der Waals surface area contributed by atoms with Gasteiger partial charge < -0.3 is 19.4 Å². The second-order valence-corrected chi connectivity index (χ2v) is 8.80. The molecule has 0 aliphatic carbocycles. The van der Waals surface area contributed by atoms with Gasteiger partial charge in [-0.1, -0.05) is 30.3 Å². The van der Waals surface area contributed by atoms with E-state index in [1.807, 2.05) is 24.3 Å². The standard InChI is InChI=1S/C28H26FN3O4/c29-21-9-11-22(12-10-21)30-15-17-31(18-16-30)27(34)23-6-2-3-7-24(23)28(35)36-19-26(33)32-14-13-20-5-1-4-8-25(20)32/h1-12H,13-19H2. The van der Waals surface area contributed by atoms with E-state index in [9.17, 15) is 18.8 Å². The lowest BCUT2D eigenvalue weighted by Gasteiger charge is -2.36. The van der Waals surface area contributed by atoms with E-state index in [-0.39, 0.29) is 28.8 Å². The number of anilines is 2. The minimum absolute atomic E-state index is 0.137. The zero-order valence-corrected chi connectivity index (χ0v) is 19.7. The average Bonchev–Trinajstić information content (AvgIpc) is 3.36. The molecule has 2 aliphatic heterocycles. The Morgan fingerprint density at radius 2 is 1.44 bits per heavy atom. The van der Waals surface area contributed by atoms with Crippen LogP contribution in [0.2, 0.25) is 0 Å². The summed E-state index contributed by atoms with van der Waals surface area (Å²) in [6.45, 7) is 2.27. The Kier molecular flexibility index (Phi) is 6.66. The minimum atomic E-state index is -0.704. The highest BCUT2D eigenvalue weighted by Gasteiger charge is 2.28. The van der Waals surface area contributed by atoms with E-state index in [1.165, 1.54) is 12.1 Å². The van der Waals surface area contributed by atoms with Crippen molar-refractivity contribution in [2.75, 3.05) is 49.1 Å². The number of hydrogen-bond donors (Lipinski definition) is 0. The molecule has 0 radical (unpaired) electrons. The van der Waals surface area contributed by atoms with Gasteiger partial charge in [0.2, 0.25) is 0 Å². The number of amides is 2. The molecule has 2 aliphatic rings. The number of carbonyl (C=O) groups is 3. The largest absolute Gasteiger partial charge is 0.452 e. The Morgan fingerprint density at radius 3 is 2.19 bits per heavy atom. The molecule has 184 valence electrons. The molecule has 7 nitrogen and oxygen atoms in total. The van der Waals surface area contributed by atoms with Gasteiger partial charge in [0, 0.05) is 44.1 Å². The van der Waals surface area contributed by atoms with Crippen molar-refractivity contribution in [3.8, 4) is 0 Å². The van der Waals surface area contributed by atoms with Crippen LogP contribution in [0, 0.1) is 5.82 Å². The fraction of sp³-hybridized carbons (Fsp3) is 0.250. The zero-order valence-electron chi connectivity index (χ0n) is 19.7. The molecule has 36 heavy (non-hydrogen) atoms. The van der Waals surface area contributed by atoms with Gasteiger partial charge in [0.05, 0.1) is 11.1 Å². The molecule has 2 amide bonds. The quantitative estimate of drug-likeness (QED) is 0.515. The molecule has 0 unspecified atom stereocenters. The summed E-state index contributed by atoms with van der Waals surface area (Å²) in [6, 6.07) is 20.5. The first-order valence-electron chi connectivity index (χ1n) is 12.0. The van der Waals surface area contributed by atoms with Crippen molar-refractivity contribution < 1.29 is 23.5 Å². The lowest BCUT2D eigenvalue weighted by molar-refractivity contribution is -0.121. The molecule has 0 bridgehead atoms. The number of esters is 1. The second kappa shape index (κ2) is 10.2. The summed E-state index contributed by atoms with van der Waals surface area (Å²) in [5, 5.41) is 0. The normalized spacial score (nSPS) is 15.0. The second-order valence-electron chi connectivity index (χ2n) is 8.80. The fourth-order valence-corrected chi connectivity index (χ4v) is 4.72. The van der Waals surface area contributed by atoms with Crippen molar-refractivity contribution in [2.45, 2.75) is 6.42 Å². The van der Waals surface area contributed by atoms with Crippen molar-refractivity contribution in [1.29, 1.82) is 0 Å². The maximum atomic E-state index is 13.3. The van der Waals surface area contributed by atoms with E-state index in [1.54, 1.807) is 46.2 Å². The lowest BCUT2D eigenvalue weighted by Crippen LogP contribution is -2.49. The third-order valence-electron chi connectivity index (χ3n) is 6.65. The Hall–Kier alpha value is -4.20. The Morgan fingerprint density at radius 1 is 0.778 bits per heavy atom. The number of hydrogen-bond acceptors (Lipinski definition) is 5. The molecule has 8 heteroatoms. The van der Waals surface area contributed by atoms with E-state index in [4.69, 9.17) is 4.74 Å². The summed E-state index contributed by atoms with van der Waals surface area (Å²) in [4.78, 5) is 44.3. The number of nitrogens with zero attached hydrogens (tertiary/aromatic N) is 3. The Labute approximate surface area is 208 Å². The summed E-state index contributed by atoms with van der Waals surface area (Å²) in [5.41, 5.74) is 3.22. The van der Waals surface area contributed by atoms with E-state index in [2.05, 4.69) is 4.90 Å². The van der Waals surface area contributed by atoms with Crippen molar-refractivity contribution in [1.82, 2.24) is 4.90 Å². The van der Waals surface area contributed by atoms with Gasteiger partial charge in [-0.25, -0.2) is 9.18 Å². The molecule has 0 saturated carbocycles. The predicted octanol–water partition coefficient (Wildman–Crippen LogP) is 3.53. The number of halogens is 1. The van der Waals surface area contributed by atoms with Crippen molar-refractivity contribution in [2.24, 2.45) is 0 Å². The summed E-state index contributed by atoms with van der Waals surface area (Å²) in [7, 11) is 0. The monoisotopic (exact) mass is 487 g/mol. The first-order valence-corrected chi connectivity index (χ1v) is 12.0. The van der Waals surface area contributed by atoms with Crippen LogP contribution in [0.1, 0.15) is 26.3 Å². The van der Waals surface area contributed by atoms with Crippen LogP contribution >= 0.6 is 0 Å². The van der Waals surface area contributed by atoms with Gasteiger partial charge in [0.15, 0.2) is 6.61 Å². The van der Waals surface area contributed by atoms with Crippen molar-refractivity contribution in [3.05, 3.63) is 95.3 Å². The minimum Gasteiger partial charge on any atom is -0.452 e. The highest BCUT2D eigenvalue weighted by molar-refractivity contribution is 6.06. The highest BCUT2D eigenvalue weighted by atomic mass is 19.1. The number of para-hydroxylation sites is 1. The van der Waals surface area contributed by atoms with E-state index < -0.39 is 12.6 Å². The SMILES string of the molecule is O=C(OCC(=O)N1CCc2ccccc21)c1ccccc1C(=O)N1CCN(c2ccc(F)cc2)CC1. The van der Waals surface area contributed by atoms with Crippen molar-refractivity contribution >= 4 is 29.2 Å². The van der Waals surface area contributed by atoms with Gasteiger partial charge in [0.1, 0.15) is 5.82 Å². The lowest BCUT2D eigenvalue weighted by atomic mass is 10.1. The third-order valence-corrected chi connectivity index (χ3v) is 6.65. The molecule has 2 heterocycles. The molecule has 3 aromatic carbocycles. The zero-order chi connectivity index (χ0) is 25.1. The van der Waals surface area contributed by atoms with E-state index in [0.717, 1.165) is 23.4 Å². The van der Waals surface area contributed by atoms with Crippen molar-refractivity contribution in [3.63, 3.8) is 0 Å². The molecule has 1 saturated heterocycles. The molecule has 0 atom stereocenters. The van der Waals surface area contributed by atoms with Gasteiger partial charge in [-0.2, -0.15) is 0 Å². The van der Waals surface area contributed by atoms with Crippen LogP contribution in [0.15, 0.2) is 72.8 Å². The molecule has 0 aromatic heterocycles. The molecular weight excluding hydrogens is 461 g/mol. The van der Waals surface area contributed by atoms with Gasteiger partial charge in [-0.15, -0.1) is 0 Å². The van der Waals surface area contributed by atoms with Crippen LogP contribution in [-0.4, -0.2) is 62.0 Å². The number of fused-ring (bicyclic) bond motifs is 1. The fourth-order valence-electron chi connectivity index (χ4n) is 4.72. The van der Waals surface area contributed by atoms with Crippen LogP contribution in [0.4, 0.5) is 15.8 Å². The molecule has 5 rings (SSSR count). The number of carbonyl (C=O) groups excluding carboxylic acids is 3. The predicted molar refractivity (Wildman–Crippen MR) is 134 cm³/mol. The summed E-state index contributed by atoms with van der Waals surface area (Å²) < 4.78 is 18.6. The van der Waals surface area contributed by atoms with Crippen LogP contribution in [0.5, 0.6) is 0 Å². The molecule has 1 fully saturated rings. The summed E-state index contributed by atoms with van der Waals surface area (Å²) in [5.74, 6) is -1.55. The van der Waals surface area contributed by atoms with E-state index >= 15 is 0 Å². The van der Waals surface area contributed by atoms with E-state index in [0.29, 0.717) is 32.7 Å². The van der Waals surface area contributed by atoms with Crippen LogP contribution in [-0.2, 0) is 16.0 Å². The number of ether oxygens (including phenoxy) is 1. The van der Waals surface area contributed by atoms with Gasteiger partial charge in [-0.3, -0.25) is 9.59 Å². The molecule has 3 aromatic rings. The topological polar surface area (TPSA) is 70.2 Å². The average molecular weight is 488 g/mol. The maximum absolute atomic E-state index is 13.3. The Bertz CT molecular complexity index is 1290. The van der Waals surface area contributed by atoms with Crippen LogP contribution in [0.3, 0.4) is 0 Å². The number of benzene rings is 3. The van der Waals surface area contributed by atoms with Crippen LogP contribution in [0.25, 0.3) is 0 Å². The Balaban J connectivity index is 1.21. The first kappa shape index (κ1) is 23.5. The summed E-state index contributed by atoms with van der Waals surface area (Å²) in [6.07, 6.45) is 0.765. The molecular formula is C28H26FN3O4. The van der Waals surface area contributed by atoms with Crippen LogP contribution < -0.4 is 9.80 Å². The smallest absolute Gasteiger partial charge is 0.339 e. The first-order chi connectivity index (χ1) is 17.5. The van der Waals surface area contributed by atoms with Gasteiger partial charge in [0.25, 0.3) is 11.8 Å². The third kappa shape index (κ3) is 4.79. The highest BCUT2D eigenvalue weighted by Crippen LogP contribution is 2.27. The van der Waals surface area contributed by atoms with Gasteiger partial charge in [-0.05, 0) is 54.4 Å². The number of rotatable bonds is 5. The maximum Gasteiger partial charge on any atom is 0.339 e. The molecule has 0 spiro atoms. The summed E-state index contributed by atoms with van der Waals surface area (Å²) >= 11 is 0. The van der Waals surface area contributed by atoms with Gasteiger partial charge >= 0.3 is 5.97 Å². The molecule has 0 N–H and O–H groups in total.